The van der Waals surface area contributed by atoms with Crippen LogP contribution >= 0.6 is 0 Å². The second-order valence-electron chi connectivity index (χ2n) is 7.02. The Morgan fingerprint density at radius 1 is 1.23 bits per heavy atom. The molecule has 0 spiro atoms. The number of nitrogens with zero attached hydrogens (tertiary/aromatic N) is 3. The van der Waals surface area contributed by atoms with E-state index in [0.717, 1.165) is 5.56 Å². The van der Waals surface area contributed by atoms with Gasteiger partial charge in [0.25, 0.3) is 5.91 Å². The molecule has 154 valence electrons. The lowest BCUT2D eigenvalue weighted by Gasteiger charge is -2.16. The fourth-order valence-corrected chi connectivity index (χ4v) is 3.32. The Morgan fingerprint density at radius 3 is 2.77 bits per heavy atom. The van der Waals surface area contributed by atoms with Crippen LogP contribution in [0.15, 0.2) is 48.5 Å². The van der Waals surface area contributed by atoms with Gasteiger partial charge in [-0.2, -0.15) is 4.68 Å². The van der Waals surface area contributed by atoms with Crippen LogP contribution in [0.2, 0.25) is 0 Å². The molecule has 0 aliphatic carbocycles. The monoisotopic (exact) mass is 408 g/mol. The lowest BCUT2D eigenvalue weighted by molar-refractivity contribution is -0.389. The number of nitro groups is 1. The van der Waals surface area contributed by atoms with Crippen molar-refractivity contribution in [3.05, 3.63) is 81.0 Å². The van der Waals surface area contributed by atoms with Crippen molar-refractivity contribution in [1.82, 2.24) is 15.1 Å². The maximum atomic E-state index is 13.0. The first-order valence-corrected chi connectivity index (χ1v) is 9.39. The SMILES string of the molecule is Cc1cc([N+](=O)[O-])nn1Cc1ccccc1C(=O)N[C@H](C)c1ccc2c(c1)OCO2. The third kappa shape index (κ3) is 3.82. The maximum absolute atomic E-state index is 13.0. The zero-order valence-corrected chi connectivity index (χ0v) is 16.5. The Kier molecular flexibility index (Phi) is 5.09. The van der Waals surface area contributed by atoms with Crippen molar-refractivity contribution in [3.63, 3.8) is 0 Å². The third-order valence-corrected chi connectivity index (χ3v) is 4.98. The van der Waals surface area contributed by atoms with E-state index in [1.54, 1.807) is 19.1 Å². The molecule has 0 fully saturated rings. The first-order chi connectivity index (χ1) is 14.4. The van der Waals surface area contributed by atoms with E-state index >= 15 is 0 Å². The number of carbonyl (C=O) groups excluding carboxylic acids is 1. The highest BCUT2D eigenvalue weighted by Crippen LogP contribution is 2.34. The van der Waals surface area contributed by atoms with E-state index < -0.39 is 4.92 Å². The average Bonchev–Trinajstić information content (AvgIpc) is 3.34. The zero-order chi connectivity index (χ0) is 21.3. The fourth-order valence-electron chi connectivity index (χ4n) is 3.32. The summed E-state index contributed by atoms with van der Waals surface area (Å²) < 4.78 is 12.2. The molecular weight excluding hydrogens is 388 g/mol. The lowest BCUT2D eigenvalue weighted by Crippen LogP contribution is -2.28. The summed E-state index contributed by atoms with van der Waals surface area (Å²) in [4.78, 5) is 23.4. The molecule has 0 unspecified atom stereocenters. The van der Waals surface area contributed by atoms with Crippen LogP contribution in [-0.4, -0.2) is 27.4 Å². The smallest absolute Gasteiger partial charge is 0.390 e. The highest BCUT2D eigenvalue weighted by Gasteiger charge is 2.20. The van der Waals surface area contributed by atoms with Crippen molar-refractivity contribution in [2.45, 2.75) is 26.4 Å². The lowest BCUT2D eigenvalue weighted by atomic mass is 10.0. The van der Waals surface area contributed by atoms with E-state index in [0.29, 0.717) is 28.3 Å². The van der Waals surface area contributed by atoms with Gasteiger partial charge in [-0.3, -0.25) is 4.79 Å². The average molecular weight is 408 g/mol. The van der Waals surface area contributed by atoms with Gasteiger partial charge in [0, 0.05) is 5.56 Å². The van der Waals surface area contributed by atoms with Crippen LogP contribution in [0, 0.1) is 17.0 Å². The summed E-state index contributed by atoms with van der Waals surface area (Å²) in [5, 5.41) is 18.0. The molecule has 0 radical (unpaired) electrons. The topological polar surface area (TPSA) is 109 Å². The van der Waals surface area contributed by atoms with Gasteiger partial charge in [0.2, 0.25) is 6.79 Å². The van der Waals surface area contributed by atoms with Crippen LogP contribution in [0.1, 0.15) is 40.1 Å². The molecule has 9 heteroatoms. The number of ether oxygens (including phenoxy) is 2. The second-order valence-corrected chi connectivity index (χ2v) is 7.02. The van der Waals surface area contributed by atoms with Crippen LogP contribution in [0.5, 0.6) is 11.5 Å². The minimum Gasteiger partial charge on any atom is -0.454 e. The van der Waals surface area contributed by atoms with Crippen molar-refractivity contribution < 1.29 is 19.2 Å². The first-order valence-electron chi connectivity index (χ1n) is 9.39. The minimum atomic E-state index is -0.533. The predicted molar refractivity (Wildman–Crippen MR) is 108 cm³/mol. The molecule has 1 amide bonds. The van der Waals surface area contributed by atoms with E-state index in [-0.39, 0.29) is 31.1 Å². The van der Waals surface area contributed by atoms with Gasteiger partial charge >= 0.3 is 5.82 Å². The van der Waals surface area contributed by atoms with Gasteiger partial charge in [-0.05, 0) is 48.1 Å². The summed E-state index contributed by atoms with van der Waals surface area (Å²) in [5.41, 5.74) is 2.74. The van der Waals surface area contributed by atoms with Crippen LogP contribution in [0.25, 0.3) is 0 Å². The van der Waals surface area contributed by atoms with Gasteiger partial charge in [-0.25, -0.2) is 0 Å². The number of aromatic nitrogens is 2. The minimum absolute atomic E-state index is 0.192. The Hall–Kier alpha value is -3.88. The Balaban J connectivity index is 1.53. The van der Waals surface area contributed by atoms with Gasteiger partial charge in [0.1, 0.15) is 0 Å². The molecule has 0 saturated carbocycles. The van der Waals surface area contributed by atoms with Gasteiger partial charge < -0.3 is 24.9 Å². The van der Waals surface area contributed by atoms with Crippen molar-refractivity contribution in [1.29, 1.82) is 0 Å². The summed E-state index contributed by atoms with van der Waals surface area (Å²) in [6.45, 7) is 4.07. The quantitative estimate of drug-likeness (QED) is 0.495. The summed E-state index contributed by atoms with van der Waals surface area (Å²) in [5.74, 6) is 0.886. The number of amides is 1. The molecule has 0 saturated heterocycles. The number of carbonyl (C=O) groups is 1. The molecule has 30 heavy (non-hydrogen) atoms. The second kappa shape index (κ2) is 7.86. The Bertz CT molecular complexity index is 1120. The normalized spacial score (nSPS) is 13.1. The summed E-state index contributed by atoms with van der Waals surface area (Å²) in [7, 11) is 0. The van der Waals surface area contributed by atoms with Gasteiger partial charge in [-0.1, -0.05) is 24.3 Å². The summed E-state index contributed by atoms with van der Waals surface area (Å²) in [6.07, 6.45) is 0. The molecular formula is C21H20N4O5. The molecule has 1 aliphatic heterocycles. The van der Waals surface area contributed by atoms with E-state index in [4.69, 9.17) is 9.47 Å². The van der Waals surface area contributed by atoms with Gasteiger partial charge in [0.05, 0.1) is 29.4 Å². The first kappa shape index (κ1) is 19.4. The number of fused-ring (bicyclic) bond motifs is 1. The number of benzene rings is 2. The molecule has 1 atom stereocenters. The van der Waals surface area contributed by atoms with E-state index in [2.05, 4.69) is 10.4 Å². The number of hydrogen-bond acceptors (Lipinski definition) is 6. The third-order valence-electron chi connectivity index (χ3n) is 4.98. The maximum Gasteiger partial charge on any atom is 0.390 e. The number of nitrogens with one attached hydrogen (secondary N) is 1. The standard InChI is InChI=1S/C21H20N4O5/c1-13-9-20(25(27)28)23-24(13)11-16-5-3-4-6-17(16)21(26)22-14(2)15-7-8-18-19(10-15)30-12-29-18/h3-10,14H,11-12H2,1-2H3,(H,22,26)/t14-/m1/s1. The summed E-state index contributed by atoms with van der Waals surface area (Å²) >= 11 is 0. The van der Waals surface area contributed by atoms with Crippen molar-refractivity contribution in [2.24, 2.45) is 0 Å². The van der Waals surface area contributed by atoms with Gasteiger partial charge in [-0.15, -0.1) is 0 Å². The van der Waals surface area contributed by atoms with Crippen molar-refractivity contribution >= 4 is 11.7 Å². The van der Waals surface area contributed by atoms with Gasteiger partial charge in [0.15, 0.2) is 11.5 Å². The Morgan fingerprint density at radius 2 is 2.00 bits per heavy atom. The number of hydrogen-bond donors (Lipinski definition) is 1. The largest absolute Gasteiger partial charge is 0.454 e. The van der Waals surface area contributed by atoms with E-state index in [9.17, 15) is 14.9 Å². The highest BCUT2D eigenvalue weighted by atomic mass is 16.7. The molecule has 2 aromatic carbocycles. The fraction of sp³-hybridized carbons (Fsp3) is 0.238. The number of aryl methyl sites for hydroxylation is 1. The van der Waals surface area contributed by atoms with Crippen LogP contribution in [0.3, 0.4) is 0 Å². The van der Waals surface area contributed by atoms with Crippen molar-refractivity contribution in [2.75, 3.05) is 6.79 Å². The van der Waals surface area contributed by atoms with Crippen LogP contribution < -0.4 is 14.8 Å². The molecule has 3 aromatic rings. The molecule has 1 aromatic heterocycles. The van der Waals surface area contributed by atoms with Crippen molar-refractivity contribution in [3.8, 4) is 11.5 Å². The van der Waals surface area contributed by atoms with E-state index in [1.807, 2.05) is 37.3 Å². The summed E-state index contributed by atoms with van der Waals surface area (Å²) in [6, 6.07) is 13.8. The predicted octanol–water partition coefficient (Wildman–Crippen LogP) is 3.37. The molecule has 1 aliphatic rings. The molecule has 0 bridgehead atoms. The van der Waals surface area contributed by atoms with Crippen LogP contribution in [0.4, 0.5) is 5.82 Å². The molecule has 9 nitrogen and oxygen atoms in total. The highest BCUT2D eigenvalue weighted by molar-refractivity contribution is 5.95. The zero-order valence-electron chi connectivity index (χ0n) is 16.5. The van der Waals surface area contributed by atoms with Crippen LogP contribution in [-0.2, 0) is 6.54 Å². The number of rotatable bonds is 6. The Labute approximate surface area is 172 Å². The molecule has 2 heterocycles. The van der Waals surface area contributed by atoms with E-state index in [1.165, 1.54) is 10.7 Å². The molecule has 4 rings (SSSR count). The molecule has 1 N–H and O–H groups in total.